The Morgan fingerprint density at radius 2 is 1.71 bits per heavy atom. The number of carbonyl (C=O) groups excluding carboxylic acids is 2. The number of hydrogen-bond donors (Lipinski definition) is 3. The fourth-order valence-electron chi connectivity index (χ4n) is 5.27. The molecule has 160 valence electrons. The summed E-state index contributed by atoms with van der Waals surface area (Å²) in [4.78, 5) is 39.3. The molecule has 1 fully saturated rings. The molecule has 2 amide bonds. The monoisotopic (exact) mass is 436 g/mol. The smallest absolute Gasteiger partial charge is 0.307 e. The van der Waals surface area contributed by atoms with Crippen LogP contribution in [0.2, 0.25) is 0 Å². The van der Waals surface area contributed by atoms with Crippen molar-refractivity contribution in [1.82, 2.24) is 0 Å². The van der Waals surface area contributed by atoms with E-state index in [0.717, 1.165) is 35.3 Å². The molecule has 4 atom stereocenters. The summed E-state index contributed by atoms with van der Waals surface area (Å²) in [5.74, 6) is -2.90. The van der Waals surface area contributed by atoms with Crippen LogP contribution in [-0.4, -0.2) is 22.9 Å². The third-order valence-electron chi connectivity index (χ3n) is 6.74. The first-order chi connectivity index (χ1) is 14.9. The van der Waals surface area contributed by atoms with Crippen molar-refractivity contribution in [1.29, 1.82) is 0 Å². The fraction of sp³-hybridized carbons (Fsp3) is 0.375. The van der Waals surface area contributed by atoms with Gasteiger partial charge in [0.25, 0.3) is 5.91 Å². The number of amides is 2. The number of nitrogens with one attached hydrogen (secondary N) is 2. The van der Waals surface area contributed by atoms with Gasteiger partial charge < -0.3 is 15.7 Å². The Morgan fingerprint density at radius 1 is 1.00 bits per heavy atom. The van der Waals surface area contributed by atoms with Crippen molar-refractivity contribution < 1.29 is 19.5 Å². The second kappa shape index (κ2) is 7.64. The van der Waals surface area contributed by atoms with E-state index in [1.807, 2.05) is 43.3 Å². The summed E-state index contributed by atoms with van der Waals surface area (Å²) < 4.78 is 0. The Balaban J connectivity index is 1.42. The molecule has 7 heteroatoms. The molecule has 0 aliphatic heterocycles. The number of hydrogen-bond acceptors (Lipinski definition) is 4. The average molecular weight is 437 g/mol. The predicted octanol–water partition coefficient (Wildman–Crippen LogP) is 4.26. The van der Waals surface area contributed by atoms with Crippen molar-refractivity contribution in [2.24, 2.45) is 23.7 Å². The van der Waals surface area contributed by atoms with E-state index in [4.69, 9.17) is 0 Å². The van der Waals surface area contributed by atoms with Gasteiger partial charge in [-0.15, -0.1) is 11.3 Å². The molecule has 5 rings (SSSR count). The van der Waals surface area contributed by atoms with Gasteiger partial charge in [-0.25, -0.2) is 0 Å². The normalized spacial score (nSPS) is 25.5. The van der Waals surface area contributed by atoms with Crippen LogP contribution in [0, 0.1) is 30.6 Å². The van der Waals surface area contributed by atoms with Crippen molar-refractivity contribution in [2.45, 2.75) is 32.6 Å². The first-order valence-corrected chi connectivity index (χ1v) is 11.5. The van der Waals surface area contributed by atoms with Crippen LogP contribution in [0.3, 0.4) is 0 Å². The standard InChI is InChI=1S/C24H24N2O4S/c1-12-5-9-15(10-6-12)25-22(28)20-16-3-2-4-17(16)31-23(20)26-21(27)18-13-7-8-14(11-13)19(18)24(29)30/h5-10,13-14,18-19H,2-4,11H2,1H3,(H,25,28)(H,26,27)(H,29,30)/t13-,14+,18+,19+/m1/s1. The number of benzene rings is 1. The molecule has 1 saturated carbocycles. The molecule has 2 aromatic rings. The number of anilines is 2. The lowest BCUT2D eigenvalue weighted by Crippen LogP contribution is -2.36. The summed E-state index contributed by atoms with van der Waals surface area (Å²) in [6.45, 7) is 1.99. The van der Waals surface area contributed by atoms with Gasteiger partial charge in [0.1, 0.15) is 5.00 Å². The molecule has 6 nitrogen and oxygen atoms in total. The topological polar surface area (TPSA) is 95.5 Å². The lowest BCUT2D eigenvalue weighted by Gasteiger charge is -2.23. The summed E-state index contributed by atoms with van der Waals surface area (Å²) in [6.07, 6.45) is 7.30. The fourth-order valence-corrected chi connectivity index (χ4v) is 6.56. The van der Waals surface area contributed by atoms with Crippen LogP contribution in [-0.2, 0) is 22.4 Å². The Hall–Kier alpha value is -2.93. The molecule has 1 heterocycles. The van der Waals surface area contributed by atoms with Gasteiger partial charge in [0, 0.05) is 10.6 Å². The highest BCUT2D eigenvalue weighted by molar-refractivity contribution is 7.17. The molecule has 0 spiro atoms. The molecular weight excluding hydrogens is 412 g/mol. The number of aliphatic carboxylic acids is 1. The first-order valence-electron chi connectivity index (χ1n) is 10.7. The SMILES string of the molecule is Cc1ccc(NC(=O)c2c(NC(=O)[C@@H]3[C@@H](C(=O)O)[C@H]4C=C[C@@H]3C4)sc3c2CCC3)cc1. The van der Waals surface area contributed by atoms with E-state index in [0.29, 0.717) is 22.7 Å². The maximum Gasteiger partial charge on any atom is 0.307 e. The maximum atomic E-state index is 13.2. The number of fused-ring (bicyclic) bond motifs is 3. The van der Waals surface area contributed by atoms with Gasteiger partial charge in [-0.05, 0) is 62.1 Å². The molecule has 3 N–H and O–H groups in total. The van der Waals surface area contributed by atoms with Crippen LogP contribution in [0.4, 0.5) is 10.7 Å². The summed E-state index contributed by atoms with van der Waals surface area (Å²) in [6, 6.07) is 7.59. The second-order valence-electron chi connectivity index (χ2n) is 8.71. The van der Waals surface area contributed by atoms with E-state index < -0.39 is 17.8 Å². The highest BCUT2D eigenvalue weighted by Gasteiger charge is 2.51. The summed E-state index contributed by atoms with van der Waals surface area (Å²) in [7, 11) is 0. The summed E-state index contributed by atoms with van der Waals surface area (Å²) >= 11 is 1.45. The van der Waals surface area contributed by atoms with Crippen LogP contribution in [0.1, 0.15) is 39.2 Å². The lowest BCUT2D eigenvalue weighted by atomic mass is 9.82. The third-order valence-corrected chi connectivity index (χ3v) is 7.95. The number of allylic oxidation sites excluding steroid dienone is 2. The summed E-state index contributed by atoms with van der Waals surface area (Å²) in [5.41, 5.74) is 3.34. The average Bonchev–Trinajstić information content (AvgIpc) is 3.49. The minimum absolute atomic E-state index is 0.0530. The highest BCUT2D eigenvalue weighted by atomic mass is 32.1. The molecule has 31 heavy (non-hydrogen) atoms. The number of aryl methyl sites for hydroxylation is 2. The molecule has 1 aromatic heterocycles. The third kappa shape index (κ3) is 3.47. The molecule has 1 aromatic carbocycles. The zero-order valence-corrected chi connectivity index (χ0v) is 18.0. The van der Waals surface area contributed by atoms with Gasteiger partial charge in [-0.3, -0.25) is 14.4 Å². The molecule has 3 aliphatic rings. The Bertz CT molecular complexity index is 1100. The summed E-state index contributed by atoms with van der Waals surface area (Å²) in [5, 5.41) is 16.1. The van der Waals surface area contributed by atoms with Crippen molar-refractivity contribution >= 4 is 39.8 Å². The number of rotatable bonds is 5. The highest BCUT2D eigenvalue weighted by Crippen LogP contribution is 2.49. The van der Waals surface area contributed by atoms with Crippen LogP contribution < -0.4 is 10.6 Å². The van der Waals surface area contributed by atoms with Crippen LogP contribution >= 0.6 is 11.3 Å². The predicted molar refractivity (Wildman–Crippen MR) is 119 cm³/mol. The van der Waals surface area contributed by atoms with Crippen LogP contribution in [0.25, 0.3) is 0 Å². The van der Waals surface area contributed by atoms with Gasteiger partial charge in [-0.2, -0.15) is 0 Å². The van der Waals surface area contributed by atoms with Crippen LogP contribution in [0.15, 0.2) is 36.4 Å². The quantitative estimate of drug-likeness (QED) is 0.611. The van der Waals surface area contributed by atoms with E-state index in [-0.39, 0.29) is 23.7 Å². The van der Waals surface area contributed by atoms with Gasteiger partial charge in [0.05, 0.1) is 17.4 Å². The lowest BCUT2D eigenvalue weighted by molar-refractivity contribution is -0.146. The zero-order chi connectivity index (χ0) is 21.7. The first kappa shape index (κ1) is 20.0. The van der Waals surface area contributed by atoms with Gasteiger partial charge >= 0.3 is 5.97 Å². The molecular formula is C24H24N2O4S. The molecule has 0 radical (unpaired) electrons. The van der Waals surface area contributed by atoms with Gasteiger partial charge in [0.2, 0.25) is 5.91 Å². The second-order valence-corrected chi connectivity index (χ2v) is 9.81. The van der Waals surface area contributed by atoms with Crippen molar-refractivity contribution in [3.05, 3.63) is 58.0 Å². The number of thiophene rings is 1. The Kier molecular flexibility index (Phi) is 4.93. The number of carboxylic acid groups (broad SMARTS) is 1. The van der Waals surface area contributed by atoms with Crippen molar-refractivity contribution in [3.8, 4) is 0 Å². The Labute approximate surface area is 184 Å². The molecule has 2 bridgehead atoms. The minimum Gasteiger partial charge on any atom is -0.481 e. The zero-order valence-electron chi connectivity index (χ0n) is 17.2. The van der Waals surface area contributed by atoms with Gasteiger partial charge in [0.15, 0.2) is 0 Å². The van der Waals surface area contributed by atoms with E-state index >= 15 is 0 Å². The van der Waals surface area contributed by atoms with Crippen molar-refractivity contribution in [3.63, 3.8) is 0 Å². The molecule has 3 aliphatic carbocycles. The van der Waals surface area contributed by atoms with E-state index in [2.05, 4.69) is 10.6 Å². The van der Waals surface area contributed by atoms with E-state index in [1.165, 1.54) is 11.3 Å². The number of carboxylic acids is 1. The minimum atomic E-state index is -0.928. The largest absolute Gasteiger partial charge is 0.481 e. The maximum absolute atomic E-state index is 13.2. The molecule has 0 unspecified atom stereocenters. The van der Waals surface area contributed by atoms with Crippen molar-refractivity contribution in [2.75, 3.05) is 10.6 Å². The molecule has 0 saturated heterocycles. The van der Waals surface area contributed by atoms with E-state index in [9.17, 15) is 19.5 Å². The number of carbonyl (C=O) groups is 3. The van der Waals surface area contributed by atoms with E-state index in [1.54, 1.807) is 0 Å². The van der Waals surface area contributed by atoms with Gasteiger partial charge in [-0.1, -0.05) is 29.8 Å². The Morgan fingerprint density at radius 3 is 2.42 bits per heavy atom. The van der Waals surface area contributed by atoms with Crippen LogP contribution in [0.5, 0.6) is 0 Å².